The van der Waals surface area contributed by atoms with E-state index in [2.05, 4.69) is 10.4 Å². The standard InChI is InChI=1S/C16H17ClN4O3/c1-20-15(23)13(14(22)18-11-4-2-3-5-11)19-21(16(20)24)12-8-6-10(17)7-9-12/h6-9,11H,2-5H2,1H3,(H,18,22). The number of benzene rings is 1. The molecule has 1 heterocycles. The smallest absolute Gasteiger partial charge is 0.348 e. The zero-order valence-corrected chi connectivity index (χ0v) is 13.9. The summed E-state index contributed by atoms with van der Waals surface area (Å²) < 4.78 is 1.91. The fraction of sp³-hybridized carbons (Fsp3) is 0.375. The summed E-state index contributed by atoms with van der Waals surface area (Å²) in [4.78, 5) is 36.9. The normalized spacial score (nSPS) is 14.8. The zero-order valence-electron chi connectivity index (χ0n) is 13.2. The Kier molecular flexibility index (Phi) is 4.53. The van der Waals surface area contributed by atoms with Crippen LogP contribution in [0.15, 0.2) is 33.9 Å². The van der Waals surface area contributed by atoms with Crippen LogP contribution in [0.2, 0.25) is 5.02 Å². The van der Waals surface area contributed by atoms with Gasteiger partial charge >= 0.3 is 5.69 Å². The van der Waals surface area contributed by atoms with E-state index in [9.17, 15) is 14.4 Å². The van der Waals surface area contributed by atoms with Crippen LogP contribution in [0.25, 0.3) is 5.69 Å². The molecule has 1 fully saturated rings. The molecular formula is C16H17ClN4O3. The molecule has 1 aliphatic rings. The van der Waals surface area contributed by atoms with Crippen molar-refractivity contribution < 1.29 is 4.79 Å². The maximum atomic E-state index is 12.4. The van der Waals surface area contributed by atoms with E-state index < -0.39 is 17.2 Å². The van der Waals surface area contributed by atoms with Gasteiger partial charge in [-0.25, -0.2) is 4.79 Å². The average molecular weight is 349 g/mol. The van der Waals surface area contributed by atoms with Crippen molar-refractivity contribution in [3.05, 3.63) is 55.8 Å². The van der Waals surface area contributed by atoms with Crippen LogP contribution >= 0.6 is 11.6 Å². The first kappa shape index (κ1) is 16.4. The van der Waals surface area contributed by atoms with Crippen molar-refractivity contribution >= 4 is 17.5 Å². The Morgan fingerprint density at radius 3 is 2.46 bits per heavy atom. The lowest BCUT2D eigenvalue weighted by Gasteiger charge is -2.13. The lowest BCUT2D eigenvalue weighted by molar-refractivity contribution is 0.0928. The van der Waals surface area contributed by atoms with Crippen molar-refractivity contribution in [1.82, 2.24) is 19.7 Å². The van der Waals surface area contributed by atoms with Gasteiger partial charge in [-0.1, -0.05) is 24.4 Å². The van der Waals surface area contributed by atoms with Crippen molar-refractivity contribution in [2.75, 3.05) is 0 Å². The van der Waals surface area contributed by atoms with Crippen LogP contribution in [0.4, 0.5) is 0 Å². The summed E-state index contributed by atoms with van der Waals surface area (Å²) >= 11 is 5.85. The van der Waals surface area contributed by atoms with Crippen molar-refractivity contribution in [3.8, 4) is 5.69 Å². The van der Waals surface area contributed by atoms with Crippen LogP contribution in [0.3, 0.4) is 0 Å². The second kappa shape index (κ2) is 6.60. The number of hydrogen-bond donors (Lipinski definition) is 1. The number of rotatable bonds is 3. The molecule has 0 saturated heterocycles. The molecule has 1 aromatic carbocycles. The molecule has 126 valence electrons. The Labute approximate surface area is 142 Å². The molecule has 0 aliphatic heterocycles. The summed E-state index contributed by atoms with van der Waals surface area (Å²) in [5.74, 6) is -0.551. The van der Waals surface area contributed by atoms with Crippen LogP contribution in [-0.2, 0) is 7.05 Å². The topological polar surface area (TPSA) is 86.0 Å². The van der Waals surface area contributed by atoms with Gasteiger partial charge in [-0.3, -0.25) is 14.2 Å². The van der Waals surface area contributed by atoms with E-state index in [1.807, 2.05) is 0 Å². The van der Waals surface area contributed by atoms with Crippen LogP contribution in [0, 0.1) is 0 Å². The first-order valence-corrected chi connectivity index (χ1v) is 8.12. The van der Waals surface area contributed by atoms with Gasteiger partial charge in [-0.05, 0) is 37.1 Å². The number of carbonyl (C=O) groups is 1. The van der Waals surface area contributed by atoms with Gasteiger partial charge in [-0.15, -0.1) is 0 Å². The lowest BCUT2D eigenvalue weighted by atomic mass is 10.2. The third-order valence-electron chi connectivity index (χ3n) is 4.15. The monoisotopic (exact) mass is 348 g/mol. The molecule has 7 nitrogen and oxygen atoms in total. The highest BCUT2D eigenvalue weighted by Gasteiger charge is 2.23. The number of nitrogens with one attached hydrogen (secondary N) is 1. The van der Waals surface area contributed by atoms with E-state index in [1.165, 1.54) is 7.05 Å². The largest absolute Gasteiger partial charge is 0.351 e. The van der Waals surface area contributed by atoms with Crippen molar-refractivity contribution in [2.45, 2.75) is 31.7 Å². The Bertz CT molecular complexity index is 880. The number of hydrogen-bond acceptors (Lipinski definition) is 4. The predicted octanol–water partition coefficient (Wildman–Crippen LogP) is 1.26. The summed E-state index contributed by atoms with van der Waals surface area (Å²) in [5, 5.41) is 7.32. The second-order valence-corrected chi connectivity index (χ2v) is 6.27. The number of aromatic nitrogens is 3. The maximum Gasteiger partial charge on any atom is 0.351 e. The van der Waals surface area contributed by atoms with Gasteiger partial charge in [0.25, 0.3) is 11.5 Å². The molecule has 8 heteroatoms. The van der Waals surface area contributed by atoms with Crippen molar-refractivity contribution in [3.63, 3.8) is 0 Å². The molecule has 1 saturated carbocycles. The molecular weight excluding hydrogens is 332 g/mol. The lowest BCUT2D eigenvalue weighted by Crippen LogP contribution is -2.45. The maximum absolute atomic E-state index is 12.4. The summed E-state index contributed by atoms with van der Waals surface area (Å²) in [6.07, 6.45) is 3.90. The highest BCUT2D eigenvalue weighted by Crippen LogP contribution is 2.17. The zero-order chi connectivity index (χ0) is 17.3. The Morgan fingerprint density at radius 2 is 1.83 bits per heavy atom. The van der Waals surface area contributed by atoms with Crippen molar-refractivity contribution in [1.29, 1.82) is 0 Å². The van der Waals surface area contributed by atoms with Gasteiger partial charge in [0.15, 0.2) is 0 Å². The van der Waals surface area contributed by atoms with E-state index in [-0.39, 0.29) is 11.7 Å². The van der Waals surface area contributed by atoms with E-state index in [0.29, 0.717) is 10.7 Å². The van der Waals surface area contributed by atoms with Crippen LogP contribution in [0.1, 0.15) is 36.2 Å². The minimum absolute atomic E-state index is 0.0555. The van der Waals surface area contributed by atoms with E-state index in [4.69, 9.17) is 11.6 Å². The molecule has 0 spiro atoms. The number of carbonyl (C=O) groups excluding carboxylic acids is 1. The van der Waals surface area contributed by atoms with E-state index >= 15 is 0 Å². The molecule has 2 aromatic rings. The molecule has 0 atom stereocenters. The Hall–Kier alpha value is -2.41. The quantitative estimate of drug-likeness (QED) is 0.904. The van der Waals surface area contributed by atoms with Gasteiger partial charge in [0.1, 0.15) is 0 Å². The molecule has 24 heavy (non-hydrogen) atoms. The number of nitrogens with zero attached hydrogens (tertiary/aromatic N) is 3. The molecule has 1 N–H and O–H groups in total. The van der Waals surface area contributed by atoms with Crippen LogP contribution < -0.4 is 16.6 Å². The molecule has 0 radical (unpaired) electrons. The summed E-state index contributed by atoms with van der Waals surface area (Å²) in [6, 6.07) is 6.46. The average Bonchev–Trinajstić information content (AvgIpc) is 3.07. The van der Waals surface area contributed by atoms with Crippen LogP contribution in [0.5, 0.6) is 0 Å². The van der Waals surface area contributed by atoms with Gasteiger partial charge < -0.3 is 5.32 Å². The molecule has 0 unspecified atom stereocenters. The van der Waals surface area contributed by atoms with Gasteiger partial charge in [0.05, 0.1) is 5.69 Å². The highest BCUT2D eigenvalue weighted by molar-refractivity contribution is 6.30. The first-order valence-electron chi connectivity index (χ1n) is 7.74. The molecule has 1 aliphatic carbocycles. The fourth-order valence-electron chi connectivity index (χ4n) is 2.79. The summed E-state index contributed by atoms with van der Waals surface area (Å²) in [5.41, 5.74) is -1.20. The molecule has 1 aromatic heterocycles. The first-order chi connectivity index (χ1) is 11.5. The molecule has 1 amide bonds. The van der Waals surface area contributed by atoms with Crippen LogP contribution in [-0.4, -0.2) is 26.3 Å². The molecule has 0 bridgehead atoms. The highest BCUT2D eigenvalue weighted by atomic mass is 35.5. The third kappa shape index (κ3) is 3.12. The van der Waals surface area contributed by atoms with Gasteiger partial charge in [-0.2, -0.15) is 9.78 Å². The SMILES string of the molecule is Cn1c(=O)c(C(=O)NC2CCCC2)nn(-c2ccc(Cl)cc2)c1=O. The predicted molar refractivity (Wildman–Crippen MR) is 89.8 cm³/mol. The van der Waals surface area contributed by atoms with Gasteiger partial charge in [0, 0.05) is 18.1 Å². The fourth-order valence-corrected chi connectivity index (χ4v) is 2.92. The minimum atomic E-state index is -0.708. The second-order valence-electron chi connectivity index (χ2n) is 5.84. The third-order valence-corrected chi connectivity index (χ3v) is 4.40. The molecule has 3 rings (SSSR count). The minimum Gasteiger partial charge on any atom is -0.348 e. The van der Waals surface area contributed by atoms with Crippen molar-refractivity contribution in [2.24, 2.45) is 7.05 Å². The van der Waals surface area contributed by atoms with Gasteiger partial charge in [0.2, 0.25) is 5.69 Å². The Morgan fingerprint density at radius 1 is 1.21 bits per heavy atom. The van der Waals surface area contributed by atoms with E-state index in [0.717, 1.165) is 34.9 Å². The summed E-state index contributed by atoms with van der Waals surface area (Å²) in [7, 11) is 1.32. The van der Waals surface area contributed by atoms with E-state index in [1.54, 1.807) is 24.3 Å². The number of halogens is 1. The number of amides is 1. The summed E-state index contributed by atoms with van der Waals surface area (Å²) in [6.45, 7) is 0. The Balaban J connectivity index is 2.03.